The lowest BCUT2D eigenvalue weighted by Crippen LogP contribution is -2.27. The summed E-state index contributed by atoms with van der Waals surface area (Å²) in [6, 6.07) is 0. The zero-order chi connectivity index (χ0) is 13.5. The topological polar surface area (TPSA) is 42.7 Å². The lowest BCUT2D eigenvalue weighted by molar-refractivity contribution is 0.430. The Hall–Kier alpha value is -0.900. The van der Waals surface area contributed by atoms with Crippen molar-refractivity contribution in [3.63, 3.8) is 0 Å². The van der Waals surface area contributed by atoms with E-state index in [2.05, 4.69) is 50.0 Å². The molecule has 0 aromatic carbocycles. The predicted octanol–water partition coefficient (Wildman–Crippen LogP) is 2.36. The standard InChI is InChI=1S/C14H28N4/c1-11(2)7-15-8-13(5)6-14-16-10-17-18(14)9-12(3)4/h10-13,15H,6-9H2,1-5H3. The van der Waals surface area contributed by atoms with Gasteiger partial charge in [0.25, 0.3) is 0 Å². The summed E-state index contributed by atoms with van der Waals surface area (Å²) in [6.07, 6.45) is 2.67. The second-order valence-corrected chi connectivity index (χ2v) is 6.11. The van der Waals surface area contributed by atoms with Gasteiger partial charge in [0.05, 0.1) is 0 Å². The zero-order valence-electron chi connectivity index (χ0n) is 12.5. The number of nitrogens with one attached hydrogen (secondary N) is 1. The molecule has 0 aliphatic heterocycles. The first-order valence-electron chi connectivity index (χ1n) is 7.06. The van der Waals surface area contributed by atoms with Crippen molar-refractivity contribution in [1.29, 1.82) is 0 Å². The van der Waals surface area contributed by atoms with E-state index in [1.165, 1.54) is 0 Å². The van der Waals surface area contributed by atoms with Crippen LogP contribution in [0.25, 0.3) is 0 Å². The van der Waals surface area contributed by atoms with Crippen LogP contribution in [0.15, 0.2) is 6.33 Å². The summed E-state index contributed by atoms with van der Waals surface area (Å²) in [6.45, 7) is 14.2. The number of rotatable bonds is 8. The largest absolute Gasteiger partial charge is 0.316 e. The first-order valence-corrected chi connectivity index (χ1v) is 7.06. The number of hydrogen-bond acceptors (Lipinski definition) is 3. The highest BCUT2D eigenvalue weighted by Gasteiger charge is 2.10. The summed E-state index contributed by atoms with van der Waals surface area (Å²) in [7, 11) is 0. The van der Waals surface area contributed by atoms with Gasteiger partial charge in [-0.3, -0.25) is 0 Å². The predicted molar refractivity (Wildman–Crippen MR) is 75.4 cm³/mol. The van der Waals surface area contributed by atoms with Gasteiger partial charge in [0.15, 0.2) is 0 Å². The van der Waals surface area contributed by atoms with Gasteiger partial charge in [0.2, 0.25) is 0 Å². The lowest BCUT2D eigenvalue weighted by Gasteiger charge is -2.14. The van der Waals surface area contributed by atoms with Crippen LogP contribution in [0.1, 0.15) is 40.4 Å². The molecule has 4 nitrogen and oxygen atoms in total. The van der Waals surface area contributed by atoms with Crippen LogP contribution in [0, 0.1) is 17.8 Å². The quantitative estimate of drug-likeness (QED) is 0.772. The average molecular weight is 252 g/mol. The van der Waals surface area contributed by atoms with E-state index in [0.717, 1.165) is 31.9 Å². The zero-order valence-corrected chi connectivity index (χ0v) is 12.5. The van der Waals surface area contributed by atoms with E-state index >= 15 is 0 Å². The molecule has 4 heteroatoms. The summed E-state index contributed by atoms with van der Waals surface area (Å²) in [5.41, 5.74) is 0. The highest BCUT2D eigenvalue weighted by atomic mass is 15.3. The van der Waals surface area contributed by atoms with Crippen LogP contribution in [-0.2, 0) is 13.0 Å². The van der Waals surface area contributed by atoms with Crippen molar-refractivity contribution in [3.05, 3.63) is 12.2 Å². The molecular weight excluding hydrogens is 224 g/mol. The molecule has 0 aliphatic rings. The van der Waals surface area contributed by atoms with E-state index < -0.39 is 0 Å². The minimum atomic E-state index is 0.596. The summed E-state index contributed by atoms with van der Waals surface area (Å²) in [5.74, 6) is 3.03. The molecule has 104 valence electrons. The molecule has 1 atom stereocenters. The summed E-state index contributed by atoms with van der Waals surface area (Å²) in [4.78, 5) is 4.38. The Morgan fingerprint density at radius 2 is 1.83 bits per heavy atom. The van der Waals surface area contributed by atoms with Crippen molar-refractivity contribution in [3.8, 4) is 0 Å². The van der Waals surface area contributed by atoms with Crippen LogP contribution in [0.4, 0.5) is 0 Å². The van der Waals surface area contributed by atoms with Gasteiger partial charge in [-0.15, -0.1) is 0 Å². The highest BCUT2D eigenvalue weighted by Crippen LogP contribution is 2.07. The second kappa shape index (κ2) is 7.52. The van der Waals surface area contributed by atoms with E-state index in [0.29, 0.717) is 17.8 Å². The Bertz CT molecular complexity index is 330. The van der Waals surface area contributed by atoms with Gasteiger partial charge in [-0.2, -0.15) is 5.10 Å². The maximum Gasteiger partial charge on any atom is 0.138 e. The van der Waals surface area contributed by atoms with Crippen molar-refractivity contribution in [1.82, 2.24) is 20.1 Å². The van der Waals surface area contributed by atoms with Gasteiger partial charge in [-0.25, -0.2) is 9.67 Å². The van der Waals surface area contributed by atoms with E-state index in [9.17, 15) is 0 Å². The number of aromatic nitrogens is 3. The molecule has 0 saturated heterocycles. The van der Waals surface area contributed by atoms with E-state index in [-0.39, 0.29) is 0 Å². The summed E-state index contributed by atoms with van der Waals surface area (Å²) < 4.78 is 2.05. The van der Waals surface area contributed by atoms with Gasteiger partial charge in [-0.05, 0) is 30.8 Å². The highest BCUT2D eigenvalue weighted by molar-refractivity contribution is 4.87. The second-order valence-electron chi connectivity index (χ2n) is 6.11. The average Bonchev–Trinajstić information content (AvgIpc) is 2.64. The fourth-order valence-electron chi connectivity index (χ4n) is 1.95. The molecule has 0 saturated carbocycles. The Morgan fingerprint density at radius 3 is 2.44 bits per heavy atom. The van der Waals surface area contributed by atoms with Crippen LogP contribution in [-0.4, -0.2) is 27.9 Å². The van der Waals surface area contributed by atoms with Gasteiger partial charge in [0.1, 0.15) is 12.2 Å². The Labute approximate surface area is 111 Å². The molecule has 1 rings (SSSR count). The van der Waals surface area contributed by atoms with Gasteiger partial charge in [-0.1, -0.05) is 34.6 Å². The Kier molecular flexibility index (Phi) is 6.33. The summed E-state index contributed by atoms with van der Waals surface area (Å²) in [5, 5.41) is 7.80. The Morgan fingerprint density at radius 1 is 1.11 bits per heavy atom. The van der Waals surface area contributed by atoms with E-state index in [1.807, 2.05) is 4.68 Å². The minimum absolute atomic E-state index is 0.596. The third-order valence-electron chi connectivity index (χ3n) is 2.81. The minimum Gasteiger partial charge on any atom is -0.316 e. The van der Waals surface area contributed by atoms with Gasteiger partial charge < -0.3 is 5.32 Å². The SMILES string of the molecule is CC(C)CNCC(C)Cc1ncnn1CC(C)C. The van der Waals surface area contributed by atoms with Crippen LogP contribution in [0.3, 0.4) is 0 Å². The molecule has 1 aromatic rings. The molecule has 18 heavy (non-hydrogen) atoms. The van der Waals surface area contributed by atoms with Crippen LogP contribution >= 0.6 is 0 Å². The Balaban J connectivity index is 2.39. The molecule has 1 aromatic heterocycles. The number of nitrogens with zero attached hydrogens (tertiary/aromatic N) is 3. The molecule has 0 spiro atoms. The van der Waals surface area contributed by atoms with E-state index in [1.54, 1.807) is 6.33 Å². The summed E-state index contributed by atoms with van der Waals surface area (Å²) >= 11 is 0. The monoisotopic (exact) mass is 252 g/mol. The van der Waals surface area contributed by atoms with Crippen molar-refractivity contribution >= 4 is 0 Å². The molecule has 0 bridgehead atoms. The fourth-order valence-corrected chi connectivity index (χ4v) is 1.95. The molecule has 0 aliphatic carbocycles. The third-order valence-corrected chi connectivity index (χ3v) is 2.81. The maximum absolute atomic E-state index is 4.38. The van der Waals surface area contributed by atoms with Crippen molar-refractivity contribution in [2.45, 2.75) is 47.6 Å². The maximum atomic E-state index is 4.38. The molecule has 0 radical (unpaired) electrons. The molecule has 1 unspecified atom stereocenters. The van der Waals surface area contributed by atoms with Crippen molar-refractivity contribution in [2.75, 3.05) is 13.1 Å². The van der Waals surface area contributed by atoms with Crippen molar-refractivity contribution < 1.29 is 0 Å². The molecule has 1 N–H and O–H groups in total. The molecule has 1 heterocycles. The van der Waals surface area contributed by atoms with Crippen LogP contribution in [0.2, 0.25) is 0 Å². The van der Waals surface area contributed by atoms with E-state index in [4.69, 9.17) is 0 Å². The molecule has 0 fully saturated rings. The van der Waals surface area contributed by atoms with Crippen LogP contribution in [0.5, 0.6) is 0 Å². The van der Waals surface area contributed by atoms with Crippen molar-refractivity contribution in [2.24, 2.45) is 17.8 Å². The normalized spacial score (nSPS) is 13.5. The van der Waals surface area contributed by atoms with Crippen LogP contribution < -0.4 is 5.32 Å². The smallest absolute Gasteiger partial charge is 0.138 e. The first-order chi connectivity index (χ1) is 8.49. The molecular formula is C14H28N4. The third kappa shape index (κ3) is 5.63. The van der Waals surface area contributed by atoms with Gasteiger partial charge in [0, 0.05) is 13.0 Å². The fraction of sp³-hybridized carbons (Fsp3) is 0.857. The molecule has 0 amide bonds. The number of hydrogen-bond donors (Lipinski definition) is 1. The lowest BCUT2D eigenvalue weighted by atomic mass is 10.1. The first kappa shape index (κ1) is 15.2. The van der Waals surface area contributed by atoms with Gasteiger partial charge >= 0.3 is 0 Å².